The quantitative estimate of drug-likeness (QED) is 0.496. The monoisotopic (exact) mass is 266 g/mol. The zero-order chi connectivity index (χ0) is 13.6. The Morgan fingerprint density at radius 3 is 2.50 bits per heavy atom. The molecule has 2 aliphatic carbocycles. The molecule has 2 heteroatoms. The van der Waals surface area contributed by atoms with Crippen LogP contribution in [0.15, 0.2) is 12.2 Å². The molecule has 0 aromatic rings. The van der Waals surface area contributed by atoms with Crippen LogP contribution < -0.4 is 0 Å². The summed E-state index contributed by atoms with van der Waals surface area (Å²) in [5.74, 6) is 0.765. The van der Waals surface area contributed by atoms with E-state index in [4.69, 9.17) is 4.43 Å². The molecule has 1 saturated carbocycles. The van der Waals surface area contributed by atoms with Crippen LogP contribution in [0.4, 0.5) is 0 Å². The first-order valence-corrected chi connectivity index (χ1v) is 10.4. The highest BCUT2D eigenvalue weighted by atomic mass is 28.4. The van der Waals surface area contributed by atoms with Crippen molar-refractivity contribution in [1.29, 1.82) is 0 Å². The van der Waals surface area contributed by atoms with Gasteiger partial charge < -0.3 is 4.43 Å². The van der Waals surface area contributed by atoms with E-state index in [1.807, 2.05) is 0 Å². The third-order valence-corrected chi connectivity index (χ3v) is 10.3. The van der Waals surface area contributed by atoms with Crippen LogP contribution in [0.1, 0.15) is 53.4 Å². The minimum atomic E-state index is -1.62. The summed E-state index contributed by atoms with van der Waals surface area (Å²) in [5, 5.41) is 0.325. The van der Waals surface area contributed by atoms with Crippen molar-refractivity contribution >= 4 is 8.32 Å². The first-order chi connectivity index (χ1) is 8.17. The van der Waals surface area contributed by atoms with Crippen molar-refractivity contribution < 1.29 is 4.43 Å². The SMILES string of the molecule is CC(C)(C)[Si](C)(C)O[C@H]1CC[C@@H]2C=CCC[C@]12C. The number of hydrogen-bond donors (Lipinski definition) is 0. The Bertz CT molecular complexity index is 339. The molecule has 2 rings (SSSR count). The van der Waals surface area contributed by atoms with Crippen LogP contribution in [0.2, 0.25) is 18.1 Å². The Hall–Kier alpha value is -0.0831. The topological polar surface area (TPSA) is 9.23 Å². The van der Waals surface area contributed by atoms with Crippen molar-refractivity contribution in [3.05, 3.63) is 12.2 Å². The van der Waals surface area contributed by atoms with Crippen molar-refractivity contribution in [3.8, 4) is 0 Å². The summed E-state index contributed by atoms with van der Waals surface area (Å²) in [6.45, 7) is 14.3. The van der Waals surface area contributed by atoms with Gasteiger partial charge in [-0.3, -0.25) is 0 Å². The second-order valence-electron chi connectivity index (χ2n) is 8.02. The van der Waals surface area contributed by atoms with Crippen LogP contribution in [0.25, 0.3) is 0 Å². The molecule has 0 radical (unpaired) electrons. The van der Waals surface area contributed by atoms with Crippen molar-refractivity contribution in [2.45, 2.75) is 77.6 Å². The van der Waals surface area contributed by atoms with Gasteiger partial charge in [-0.15, -0.1) is 0 Å². The molecule has 0 bridgehead atoms. The van der Waals surface area contributed by atoms with Crippen LogP contribution in [-0.4, -0.2) is 14.4 Å². The lowest BCUT2D eigenvalue weighted by molar-refractivity contribution is 0.0497. The summed E-state index contributed by atoms with van der Waals surface area (Å²) in [7, 11) is -1.62. The van der Waals surface area contributed by atoms with E-state index in [-0.39, 0.29) is 0 Å². The molecule has 1 nitrogen and oxygen atoms in total. The zero-order valence-corrected chi connectivity index (χ0v) is 14.0. The van der Waals surface area contributed by atoms with Gasteiger partial charge in [0.2, 0.25) is 0 Å². The molecule has 0 heterocycles. The summed E-state index contributed by atoms with van der Waals surface area (Å²) in [4.78, 5) is 0. The molecular weight excluding hydrogens is 236 g/mol. The third-order valence-electron chi connectivity index (χ3n) is 5.78. The predicted octanol–water partition coefficient (Wildman–Crippen LogP) is 5.14. The van der Waals surface area contributed by atoms with Crippen LogP contribution in [0.3, 0.4) is 0 Å². The highest BCUT2D eigenvalue weighted by Gasteiger charge is 2.50. The second-order valence-corrected chi connectivity index (χ2v) is 12.8. The summed E-state index contributed by atoms with van der Waals surface area (Å²) < 4.78 is 6.74. The van der Waals surface area contributed by atoms with Gasteiger partial charge >= 0.3 is 0 Å². The lowest BCUT2D eigenvalue weighted by Gasteiger charge is -2.45. The van der Waals surface area contributed by atoms with Crippen molar-refractivity contribution in [2.24, 2.45) is 11.3 Å². The number of rotatable bonds is 2. The van der Waals surface area contributed by atoms with Gasteiger partial charge in [0.25, 0.3) is 0 Å². The van der Waals surface area contributed by atoms with E-state index in [0.29, 0.717) is 16.6 Å². The Morgan fingerprint density at radius 2 is 1.89 bits per heavy atom. The van der Waals surface area contributed by atoms with Gasteiger partial charge in [0.05, 0.1) is 6.10 Å². The lowest BCUT2D eigenvalue weighted by atomic mass is 9.72. The maximum Gasteiger partial charge on any atom is 0.192 e. The molecule has 0 aromatic heterocycles. The molecule has 2 aliphatic rings. The highest BCUT2D eigenvalue weighted by molar-refractivity contribution is 6.74. The van der Waals surface area contributed by atoms with Gasteiger partial charge in [0, 0.05) is 0 Å². The molecule has 0 N–H and O–H groups in total. The molecule has 0 saturated heterocycles. The third kappa shape index (κ3) is 2.34. The molecule has 18 heavy (non-hydrogen) atoms. The van der Waals surface area contributed by atoms with E-state index in [9.17, 15) is 0 Å². The molecule has 0 spiro atoms. The standard InChI is InChI=1S/C16H30OSi/c1-15(2,3)18(5,6)17-14-11-10-13-9-7-8-12-16(13,14)4/h7,9,13-14H,8,10-12H2,1-6H3/t13-,14-,16-/m0/s1. The van der Waals surface area contributed by atoms with Gasteiger partial charge in [-0.05, 0) is 55.1 Å². The highest BCUT2D eigenvalue weighted by Crippen LogP contribution is 2.53. The van der Waals surface area contributed by atoms with Crippen molar-refractivity contribution in [2.75, 3.05) is 0 Å². The maximum absolute atomic E-state index is 6.74. The van der Waals surface area contributed by atoms with Gasteiger partial charge in [0.15, 0.2) is 8.32 Å². The fourth-order valence-corrected chi connectivity index (χ4v) is 4.72. The summed E-state index contributed by atoms with van der Waals surface area (Å²) in [6, 6.07) is 0. The average Bonchev–Trinajstić information content (AvgIpc) is 2.54. The molecule has 3 atom stereocenters. The Morgan fingerprint density at radius 1 is 1.22 bits per heavy atom. The van der Waals surface area contributed by atoms with Gasteiger partial charge in [0.1, 0.15) is 0 Å². The molecule has 0 amide bonds. The number of allylic oxidation sites excluding steroid dienone is 2. The van der Waals surface area contributed by atoms with Crippen LogP contribution in [0.5, 0.6) is 0 Å². The van der Waals surface area contributed by atoms with Crippen LogP contribution >= 0.6 is 0 Å². The van der Waals surface area contributed by atoms with E-state index in [1.165, 1.54) is 25.7 Å². The Balaban J connectivity index is 2.14. The fourth-order valence-electron chi connectivity index (χ4n) is 3.27. The second kappa shape index (κ2) is 4.48. The summed E-state index contributed by atoms with van der Waals surface area (Å²) in [5.41, 5.74) is 0.407. The zero-order valence-electron chi connectivity index (χ0n) is 13.0. The molecule has 104 valence electrons. The average molecular weight is 267 g/mol. The minimum Gasteiger partial charge on any atom is -0.413 e. The van der Waals surface area contributed by atoms with Crippen LogP contribution in [0, 0.1) is 11.3 Å². The first-order valence-electron chi connectivity index (χ1n) is 7.51. The van der Waals surface area contributed by atoms with E-state index >= 15 is 0 Å². The Labute approximate surface area is 114 Å². The molecule has 0 aliphatic heterocycles. The normalized spacial score (nSPS) is 36.8. The van der Waals surface area contributed by atoms with Gasteiger partial charge in [-0.2, -0.15) is 0 Å². The smallest absolute Gasteiger partial charge is 0.192 e. The van der Waals surface area contributed by atoms with Gasteiger partial charge in [-0.25, -0.2) is 0 Å². The first kappa shape index (κ1) is 14.3. The molecule has 0 unspecified atom stereocenters. The van der Waals surface area contributed by atoms with Gasteiger partial charge in [-0.1, -0.05) is 39.8 Å². The molecule has 0 aromatic carbocycles. The summed E-state index contributed by atoms with van der Waals surface area (Å²) >= 11 is 0. The molecule has 1 fully saturated rings. The largest absolute Gasteiger partial charge is 0.413 e. The predicted molar refractivity (Wildman–Crippen MR) is 81.3 cm³/mol. The van der Waals surface area contributed by atoms with E-state index in [0.717, 1.165) is 5.92 Å². The van der Waals surface area contributed by atoms with Crippen molar-refractivity contribution in [1.82, 2.24) is 0 Å². The van der Waals surface area contributed by atoms with Crippen LogP contribution in [-0.2, 0) is 4.43 Å². The maximum atomic E-state index is 6.74. The van der Waals surface area contributed by atoms with Crippen molar-refractivity contribution in [3.63, 3.8) is 0 Å². The molecular formula is C16H30OSi. The van der Waals surface area contributed by atoms with E-state index in [2.05, 4.69) is 52.9 Å². The Kier molecular flexibility index (Phi) is 3.57. The lowest BCUT2D eigenvalue weighted by Crippen LogP contribution is -2.48. The number of fused-ring (bicyclic) bond motifs is 1. The number of hydrogen-bond acceptors (Lipinski definition) is 1. The fraction of sp³-hybridized carbons (Fsp3) is 0.875. The minimum absolute atomic E-state index is 0.325. The van der Waals surface area contributed by atoms with E-state index < -0.39 is 8.32 Å². The van der Waals surface area contributed by atoms with E-state index in [1.54, 1.807) is 0 Å². The summed E-state index contributed by atoms with van der Waals surface area (Å²) in [6.07, 6.45) is 10.5.